The maximum absolute atomic E-state index is 12.8. The Morgan fingerprint density at radius 1 is 0.971 bits per heavy atom. The highest BCUT2D eigenvalue weighted by Crippen LogP contribution is 2.28. The summed E-state index contributed by atoms with van der Waals surface area (Å²) in [5.41, 5.74) is 3.13. The van der Waals surface area contributed by atoms with Gasteiger partial charge in [-0.1, -0.05) is 61.5 Å². The fourth-order valence-corrected chi connectivity index (χ4v) is 4.58. The number of ether oxygens (including phenoxy) is 1. The summed E-state index contributed by atoms with van der Waals surface area (Å²) in [5.74, 6) is 0.833. The van der Waals surface area contributed by atoms with E-state index in [2.05, 4.69) is 0 Å². The van der Waals surface area contributed by atoms with Gasteiger partial charge in [0.15, 0.2) is 6.19 Å². The van der Waals surface area contributed by atoms with Gasteiger partial charge in [-0.2, -0.15) is 5.26 Å². The molecule has 0 saturated heterocycles. The first-order valence-electron chi connectivity index (χ1n) is 10.9. The van der Waals surface area contributed by atoms with E-state index in [1.807, 2.05) is 65.1 Å². The summed E-state index contributed by atoms with van der Waals surface area (Å²) < 4.78 is 31.9. The van der Waals surface area contributed by atoms with Gasteiger partial charge < -0.3 is 9.64 Å². The summed E-state index contributed by atoms with van der Waals surface area (Å²) >= 11 is 0. The highest BCUT2D eigenvalue weighted by atomic mass is 32.2. The number of hydrogen-bond acceptors (Lipinski definition) is 5. The molecular formula is C26H27N3O4S. The van der Waals surface area contributed by atoms with Crippen molar-refractivity contribution in [2.24, 2.45) is 0 Å². The van der Waals surface area contributed by atoms with E-state index >= 15 is 0 Å². The first-order chi connectivity index (χ1) is 16.4. The predicted octanol–water partition coefficient (Wildman–Crippen LogP) is 4.45. The predicted molar refractivity (Wildman–Crippen MR) is 130 cm³/mol. The van der Waals surface area contributed by atoms with Crippen molar-refractivity contribution < 1.29 is 17.9 Å². The first-order valence-corrected chi connectivity index (χ1v) is 12.4. The zero-order valence-corrected chi connectivity index (χ0v) is 20.0. The lowest BCUT2D eigenvalue weighted by Crippen LogP contribution is -2.29. The van der Waals surface area contributed by atoms with Crippen LogP contribution in [0.2, 0.25) is 0 Å². The van der Waals surface area contributed by atoms with Gasteiger partial charge in [-0.25, -0.2) is 13.1 Å². The molecule has 0 atom stereocenters. The molecule has 1 N–H and O–H groups in total. The van der Waals surface area contributed by atoms with E-state index in [9.17, 15) is 13.2 Å². The van der Waals surface area contributed by atoms with Crippen molar-refractivity contribution in [3.05, 3.63) is 83.9 Å². The molecule has 3 aromatic carbocycles. The molecule has 7 nitrogen and oxygen atoms in total. The second kappa shape index (κ2) is 11.3. The molecule has 0 radical (unpaired) electrons. The summed E-state index contributed by atoms with van der Waals surface area (Å²) in [5, 5.41) is 8.78. The summed E-state index contributed by atoms with van der Waals surface area (Å²) in [6, 6.07) is 21.6. The third-order valence-electron chi connectivity index (χ3n) is 5.34. The summed E-state index contributed by atoms with van der Waals surface area (Å²) in [6.07, 6.45) is 2.71. The van der Waals surface area contributed by atoms with Crippen LogP contribution in [-0.2, 0) is 27.9 Å². The number of nitriles is 1. The van der Waals surface area contributed by atoms with Crippen LogP contribution < -0.4 is 9.46 Å². The van der Waals surface area contributed by atoms with Crippen LogP contribution in [0.25, 0.3) is 11.1 Å². The van der Waals surface area contributed by atoms with Gasteiger partial charge in [0.05, 0.1) is 12.0 Å². The number of amides is 1. The zero-order valence-electron chi connectivity index (χ0n) is 19.2. The smallest absolute Gasteiger partial charge is 0.270 e. The summed E-state index contributed by atoms with van der Waals surface area (Å²) in [6.45, 7) is 2.89. The molecule has 0 fully saturated rings. The molecule has 0 aliphatic rings. The molecule has 3 rings (SSSR count). The Balaban J connectivity index is 1.83. The second-order valence-corrected chi connectivity index (χ2v) is 9.41. The maximum atomic E-state index is 12.8. The van der Waals surface area contributed by atoms with Gasteiger partial charge in [0.1, 0.15) is 5.75 Å². The Hall–Kier alpha value is -3.83. The van der Waals surface area contributed by atoms with E-state index in [1.165, 1.54) is 12.3 Å². The van der Waals surface area contributed by atoms with Crippen LogP contribution in [0.15, 0.2) is 77.7 Å². The summed E-state index contributed by atoms with van der Waals surface area (Å²) in [7, 11) is -2.33. The van der Waals surface area contributed by atoms with E-state index in [-0.39, 0.29) is 10.8 Å². The molecule has 0 aliphatic carbocycles. The fraction of sp³-hybridized carbons (Fsp3) is 0.231. The van der Waals surface area contributed by atoms with Crippen molar-refractivity contribution in [1.82, 2.24) is 9.62 Å². The molecule has 0 aliphatic heterocycles. The minimum absolute atomic E-state index is 0.0311. The van der Waals surface area contributed by atoms with Crippen LogP contribution in [0.5, 0.6) is 5.75 Å². The molecule has 1 amide bonds. The van der Waals surface area contributed by atoms with Crippen LogP contribution in [0, 0.1) is 11.5 Å². The van der Waals surface area contributed by atoms with Crippen molar-refractivity contribution in [1.29, 1.82) is 5.26 Å². The average Bonchev–Trinajstić information content (AvgIpc) is 2.84. The number of carbonyl (C=O) groups excluding carboxylic acids is 1. The lowest BCUT2D eigenvalue weighted by molar-refractivity contribution is -0.132. The normalized spacial score (nSPS) is 10.9. The molecule has 34 heavy (non-hydrogen) atoms. The van der Waals surface area contributed by atoms with E-state index in [0.29, 0.717) is 30.6 Å². The quantitative estimate of drug-likeness (QED) is 0.344. The molecular weight excluding hydrogens is 450 g/mol. The van der Waals surface area contributed by atoms with Gasteiger partial charge in [-0.15, -0.1) is 0 Å². The minimum Gasteiger partial charge on any atom is -0.497 e. The Bertz CT molecular complexity index is 1260. The topological polar surface area (TPSA) is 99.5 Å². The Morgan fingerprint density at radius 3 is 2.12 bits per heavy atom. The van der Waals surface area contributed by atoms with Crippen LogP contribution in [-0.4, -0.2) is 26.3 Å². The maximum Gasteiger partial charge on any atom is 0.270 e. The first kappa shape index (κ1) is 24.8. The number of hydrogen-bond donors (Lipinski definition) is 1. The van der Waals surface area contributed by atoms with Gasteiger partial charge in [-0.3, -0.25) is 4.79 Å². The number of sulfonamides is 1. The Kier molecular flexibility index (Phi) is 8.28. The number of rotatable bonds is 10. The van der Waals surface area contributed by atoms with Gasteiger partial charge in [0, 0.05) is 25.1 Å². The highest BCUT2D eigenvalue weighted by molar-refractivity contribution is 7.89. The molecule has 0 heterocycles. The number of nitrogens with one attached hydrogen (secondary N) is 1. The Morgan fingerprint density at radius 2 is 1.56 bits per heavy atom. The number of benzene rings is 3. The molecule has 3 aromatic rings. The molecule has 0 saturated carbocycles. The third kappa shape index (κ3) is 6.15. The largest absolute Gasteiger partial charge is 0.497 e. The van der Waals surface area contributed by atoms with Crippen molar-refractivity contribution in [3.63, 3.8) is 0 Å². The Labute approximate surface area is 200 Å². The van der Waals surface area contributed by atoms with Gasteiger partial charge in [0.25, 0.3) is 10.0 Å². The lowest BCUT2D eigenvalue weighted by Gasteiger charge is -2.23. The zero-order chi connectivity index (χ0) is 24.6. The second-order valence-electron chi connectivity index (χ2n) is 7.76. The highest BCUT2D eigenvalue weighted by Gasteiger charge is 2.19. The molecule has 0 aromatic heterocycles. The van der Waals surface area contributed by atoms with Gasteiger partial charge >= 0.3 is 0 Å². The number of methoxy groups -OCH3 is 1. The number of carbonyl (C=O) groups is 1. The average molecular weight is 478 g/mol. The van der Waals surface area contributed by atoms with Crippen molar-refractivity contribution in [3.8, 4) is 23.1 Å². The van der Waals surface area contributed by atoms with E-state index in [4.69, 9.17) is 10.00 Å². The molecule has 8 heteroatoms. The molecule has 176 valence electrons. The van der Waals surface area contributed by atoms with Crippen LogP contribution in [0.4, 0.5) is 0 Å². The molecule has 0 unspecified atom stereocenters. The van der Waals surface area contributed by atoms with Crippen LogP contribution >= 0.6 is 0 Å². The standard InChI is InChI=1S/C26H27N3O4S/c1-3-6-26(30)29(18-21-11-15-23(33-2)16-12-21)17-20-9-13-22(14-10-20)24-7-4-5-8-25(24)34(31,32)28-19-27/h4-5,7-16,28H,3,6,17-18H2,1-2H3. The van der Waals surface area contributed by atoms with Gasteiger partial charge in [-0.05, 0) is 41.3 Å². The van der Waals surface area contributed by atoms with Crippen LogP contribution in [0.1, 0.15) is 30.9 Å². The van der Waals surface area contributed by atoms with E-state index < -0.39 is 10.0 Å². The number of nitrogens with zero attached hydrogens (tertiary/aromatic N) is 2. The fourth-order valence-electron chi connectivity index (χ4n) is 3.62. The van der Waals surface area contributed by atoms with Crippen molar-refractivity contribution in [2.75, 3.05) is 7.11 Å². The SMILES string of the molecule is CCCC(=O)N(Cc1ccc(OC)cc1)Cc1ccc(-c2ccccc2S(=O)(=O)NC#N)cc1. The van der Waals surface area contributed by atoms with Crippen molar-refractivity contribution >= 4 is 15.9 Å². The molecule has 0 bridgehead atoms. The monoisotopic (exact) mass is 477 g/mol. The lowest BCUT2D eigenvalue weighted by atomic mass is 10.0. The van der Waals surface area contributed by atoms with E-state index in [1.54, 1.807) is 25.3 Å². The third-order valence-corrected chi connectivity index (χ3v) is 6.64. The summed E-state index contributed by atoms with van der Waals surface area (Å²) in [4.78, 5) is 14.6. The van der Waals surface area contributed by atoms with Crippen LogP contribution in [0.3, 0.4) is 0 Å². The van der Waals surface area contributed by atoms with E-state index in [0.717, 1.165) is 23.3 Å². The molecule has 0 spiro atoms. The minimum atomic E-state index is -3.95. The van der Waals surface area contributed by atoms with Crippen molar-refractivity contribution in [2.45, 2.75) is 37.8 Å². The van der Waals surface area contributed by atoms with Gasteiger partial charge in [0.2, 0.25) is 5.91 Å².